The molecule has 0 amide bonds. The quantitative estimate of drug-likeness (QED) is 0.792. The van der Waals surface area contributed by atoms with Crippen LogP contribution in [-0.4, -0.2) is 17.6 Å². The first-order chi connectivity index (χ1) is 7.25. The highest BCUT2D eigenvalue weighted by molar-refractivity contribution is 5.42. The zero-order valence-corrected chi connectivity index (χ0v) is 9.24. The van der Waals surface area contributed by atoms with E-state index in [0.717, 1.165) is 24.7 Å². The second kappa shape index (κ2) is 4.62. The van der Waals surface area contributed by atoms with Crippen molar-refractivity contribution < 1.29 is 0 Å². The third-order valence-electron chi connectivity index (χ3n) is 3.15. The molecule has 2 unspecified atom stereocenters. The van der Waals surface area contributed by atoms with Gasteiger partial charge in [-0.15, -0.1) is 0 Å². The van der Waals surface area contributed by atoms with Gasteiger partial charge in [-0.3, -0.25) is 0 Å². The predicted molar refractivity (Wildman–Crippen MR) is 62.8 cm³/mol. The molecule has 82 valence electrons. The Morgan fingerprint density at radius 3 is 3.07 bits per heavy atom. The van der Waals surface area contributed by atoms with E-state index in [2.05, 4.69) is 23.3 Å². The molecule has 1 aliphatic rings. The molecule has 0 bridgehead atoms. The average Bonchev–Trinajstić information content (AvgIpc) is 2.63. The number of aromatic nitrogens is 1. The minimum Gasteiger partial charge on any atom is -0.370 e. The number of hydrogen-bond donors (Lipinski definition) is 2. The van der Waals surface area contributed by atoms with Gasteiger partial charge in [-0.25, -0.2) is 4.98 Å². The van der Waals surface area contributed by atoms with Crippen LogP contribution in [0.25, 0.3) is 0 Å². The molecule has 0 radical (unpaired) electrons. The lowest BCUT2D eigenvalue weighted by Crippen LogP contribution is -2.18. The van der Waals surface area contributed by atoms with Gasteiger partial charge in [0.15, 0.2) is 0 Å². The number of aryl methyl sites for hydroxylation is 1. The van der Waals surface area contributed by atoms with Gasteiger partial charge in [0, 0.05) is 18.8 Å². The van der Waals surface area contributed by atoms with Gasteiger partial charge in [0.1, 0.15) is 5.82 Å². The summed E-state index contributed by atoms with van der Waals surface area (Å²) >= 11 is 0. The summed E-state index contributed by atoms with van der Waals surface area (Å²) in [6, 6.07) is 4.46. The smallest absolute Gasteiger partial charge is 0.128 e. The van der Waals surface area contributed by atoms with Crippen molar-refractivity contribution in [3.63, 3.8) is 0 Å². The van der Waals surface area contributed by atoms with Gasteiger partial charge < -0.3 is 11.1 Å². The van der Waals surface area contributed by atoms with Gasteiger partial charge in [0.2, 0.25) is 0 Å². The highest BCUT2D eigenvalue weighted by Gasteiger charge is 2.21. The normalized spacial score (nSPS) is 25.5. The van der Waals surface area contributed by atoms with Gasteiger partial charge in [-0.1, -0.05) is 6.07 Å². The van der Waals surface area contributed by atoms with E-state index < -0.39 is 0 Å². The number of nitrogens with one attached hydrogen (secondary N) is 1. The van der Waals surface area contributed by atoms with Gasteiger partial charge in [0.05, 0.1) is 0 Å². The van der Waals surface area contributed by atoms with Crippen molar-refractivity contribution in [3.05, 3.63) is 23.9 Å². The lowest BCUT2D eigenvalue weighted by Gasteiger charge is -2.12. The number of nitrogens with zero attached hydrogens (tertiary/aromatic N) is 1. The van der Waals surface area contributed by atoms with E-state index in [1.54, 1.807) is 0 Å². The van der Waals surface area contributed by atoms with Crippen LogP contribution in [0.15, 0.2) is 18.3 Å². The van der Waals surface area contributed by atoms with Crippen LogP contribution in [0.3, 0.4) is 0 Å². The van der Waals surface area contributed by atoms with Gasteiger partial charge in [0.25, 0.3) is 0 Å². The molecule has 3 nitrogen and oxygen atoms in total. The summed E-state index contributed by atoms with van der Waals surface area (Å²) in [5.74, 6) is 1.74. The lowest BCUT2D eigenvalue weighted by molar-refractivity contribution is 0.565. The molecule has 0 spiro atoms. The predicted octanol–water partition coefficient (Wildman–Crippen LogP) is 1.93. The van der Waals surface area contributed by atoms with Crippen LogP contribution in [0.5, 0.6) is 0 Å². The molecule has 2 atom stereocenters. The number of anilines is 1. The summed E-state index contributed by atoms with van der Waals surface area (Å²) in [4.78, 5) is 4.32. The first kappa shape index (κ1) is 10.4. The van der Waals surface area contributed by atoms with Crippen molar-refractivity contribution in [1.29, 1.82) is 0 Å². The zero-order valence-electron chi connectivity index (χ0n) is 9.24. The third kappa shape index (κ3) is 2.69. The third-order valence-corrected chi connectivity index (χ3v) is 3.15. The summed E-state index contributed by atoms with van der Waals surface area (Å²) in [6.07, 6.45) is 5.40. The van der Waals surface area contributed by atoms with E-state index in [4.69, 9.17) is 5.73 Å². The standard InChI is InChI=1S/C12H19N3/c1-9-3-2-6-14-12(9)15-8-10-4-5-11(13)7-10/h2-3,6,10-11H,4-5,7-8,13H2,1H3,(H,14,15). The Bertz CT molecular complexity index is 324. The molecular formula is C12H19N3. The highest BCUT2D eigenvalue weighted by atomic mass is 15.0. The number of hydrogen-bond acceptors (Lipinski definition) is 3. The summed E-state index contributed by atoms with van der Waals surface area (Å²) in [5, 5.41) is 3.41. The molecular weight excluding hydrogens is 186 g/mol. The molecule has 1 saturated carbocycles. The van der Waals surface area contributed by atoms with E-state index in [1.165, 1.54) is 18.4 Å². The van der Waals surface area contributed by atoms with Crippen molar-refractivity contribution in [2.24, 2.45) is 11.7 Å². The van der Waals surface area contributed by atoms with Crippen molar-refractivity contribution in [1.82, 2.24) is 4.98 Å². The number of pyridine rings is 1. The molecule has 3 N–H and O–H groups in total. The maximum Gasteiger partial charge on any atom is 0.128 e. The van der Waals surface area contributed by atoms with Crippen LogP contribution >= 0.6 is 0 Å². The fraction of sp³-hybridized carbons (Fsp3) is 0.583. The van der Waals surface area contributed by atoms with E-state index >= 15 is 0 Å². The van der Waals surface area contributed by atoms with Gasteiger partial charge >= 0.3 is 0 Å². The zero-order chi connectivity index (χ0) is 10.7. The molecule has 0 aliphatic heterocycles. The minimum atomic E-state index is 0.418. The van der Waals surface area contributed by atoms with E-state index in [-0.39, 0.29) is 0 Å². The Hall–Kier alpha value is -1.09. The Morgan fingerprint density at radius 1 is 1.53 bits per heavy atom. The summed E-state index contributed by atoms with van der Waals surface area (Å²) in [5.41, 5.74) is 7.09. The second-order valence-electron chi connectivity index (χ2n) is 4.49. The first-order valence-electron chi connectivity index (χ1n) is 5.67. The summed E-state index contributed by atoms with van der Waals surface area (Å²) < 4.78 is 0. The monoisotopic (exact) mass is 205 g/mol. The van der Waals surface area contributed by atoms with Crippen molar-refractivity contribution in [3.8, 4) is 0 Å². The Labute approximate surface area is 91.1 Å². The van der Waals surface area contributed by atoms with Crippen molar-refractivity contribution in [2.45, 2.75) is 32.2 Å². The first-order valence-corrected chi connectivity index (χ1v) is 5.67. The fourth-order valence-corrected chi connectivity index (χ4v) is 2.21. The largest absolute Gasteiger partial charge is 0.370 e. The second-order valence-corrected chi connectivity index (χ2v) is 4.49. The molecule has 15 heavy (non-hydrogen) atoms. The van der Waals surface area contributed by atoms with Gasteiger partial charge in [-0.05, 0) is 43.7 Å². The van der Waals surface area contributed by atoms with Crippen LogP contribution in [-0.2, 0) is 0 Å². The van der Waals surface area contributed by atoms with E-state index in [9.17, 15) is 0 Å². The number of rotatable bonds is 3. The van der Waals surface area contributed by atoms with Crippen molar-refractivity contribution in [2.75, 3.05) is 11.9 Å². The van der Waals surface area contributed by atoms with Crippen LogP contribution in [0, 0.1) is 12.8 Å². The molecule has 1 aromatic heterocycles. The SMILES string of the molecule is Cc1cccnc1NCC1CCC(N)C1. The average molecular weight is 205 g/mol. The van der Waals surface area contributed by atoms with Crippen LogP contribution < -0.4 is 11.1 Å². The molecule has 0 aromatic carbocycles. The highest BCUT2D eigenvalue weighted by Crippen LogP contribution is 2.24. The van der Waals surface area contributed by atoms with Crippen LogP contribution in [0.1, 0.15) is 24.8 Å². The summed E-state index contributed by atoms with van der Waals surface area (Å²) in [7, 11) is 0. The molecule has 1 aromatic rings. The Kier molecular flexibility index (Phi) is 3.21. The molecule has 1 heterocycles. The molecule has 1 aliphatic carbocycles. The maximum atomic E-state index is 5.88. The van der Waals surface area contributed by atoms with Crippen molar-refractivity contribution >= 4 is 5.82 Å². The van der Waals surface area contributed by atoms with Crippen LogP contribution in [0.2, 0.25) is 0 Å². The number of nitrogens with two attached hydrogens (primary N) is 1. The minimum absolute atomic E-state index is 0.418. The van der Waals surface area contributed by atoms with Gasteiger partial charge in [-0.2, -0.15) is 0 Å². The van der Waals surface area contributed by atoms with Crippen LogP contribution in [0.4, 0.5) is 5.82 Å². The molecule has 1 fully saturated rings. The van der Waals surface area contributed by atoms with E-state index in [1.807, 2.05) is 12.3 Å². The summed E-state index contributed by atoms with van der Waals surface area (Å²) in [6.45, 7) is 3.08. The molecule has 3 heteroatoms. The molecule has 2 rings (SSSR count). The van der Waals surface area contributed by atoms with E-state index in [0.29, 0.717) is 6.04 Å². The topological polar surface area (TPSA) is 50.9 Å². The fourth-order valence-electron chi connectivity index (χ4n) is 2.21. The Morgan fingerprint density at radius 2 is 2.40 bits per heavy atom. The maximum absolute atomic E-state index is 5.88. The molecule has 0 saturated heterocycles. The lowest BCUT2D eigenvalue weighted by atomic mass is 10.1. The Balaban J connectivity index is 1.86.